The average Bonchev–Trinajstić information content (AvgIpc) is 2.42. The van der Waals surface area contributed by atoms with E-state index < -0.39 is 0 Å². The average molecular weight is 260 g/mol. The lowest BCUT2D eigenvalue weighted by Crippen LogP contribution is -2.21. The first-order valence-corrected chi connectivity index (χ1v) is 6.94. The highest BCUT2D eigenvalue weighted by molar-refractivity contribution is 5.32. The van der Waals surface area contributed by atoms with Gasteiger partial charge in [-0.05, 0) is 43.5 Å². The van der Waals surface area contributed by atoms with E-state index in [1.165, 1.54) is 5.56 Å². The molecule has 0 saturated carbocycles. The molecule has 0 amide bonds. The molecule has 3 heteroatoms. The maximum absolute atomic E-state index is 8.75. The van der Waals surface area contributed by atoms with E-state index >= 15 is 0 Å². The molecule has 1 rings (SSSR count). The number of nitrogens with one attached hydrogen (secondary N) is 1. The number of hydrogen-bond acceptors (Lipinski definition) is 3. The monoisotopic (exact) mass is 260 g/mol. The molecule has 104 valence electrons. The van der Waals surface area contributed by atoms with Crippen LogP contribution in [0, 0.1) is 17.2 Å². The largest absolute Gasteiger partial charge is 0.381 e. The summed E-state index contributed by atoms with van der Waals surface area (Å²) >= 11 is 0. The fourth-order valence-electron chi connectivity index (χ4n) is 1.78. The van der Waals surface area contributed by atoms with Crippen molar-refractivity contribution < 1.29 is 4.74 Å². The lowest BCUT2D eigenvalue weighted by atomic mass is 10.1. The molecule has 1 unspecified atom stereocenters. The van der Waals surface area contributed by atoms with Gasteiger partial charge in [-0.3, -0.25) is 0 Å². The summed E-state index contributed by atoms with van der Waals surface area (Å²) in [6.07, 6.45) is 1.02. The van der Waals surface area contributed by atoms with Crippen molar-refractivity contribution in [1.29, 1.82) is 5.26 Å². The molecule has 0 aromatic heterocycles. The van der Waals surface area contributed by atoms with E-state index in [9.17, 15) is 0 Å². The van der Waals surface area contributed by atoms with E-state index in [0.717, 1.165) is 26.2 Å². The third-order valence-corrected chi connectivity index (χ3v) is 2.91. The maximum atomic E-state index is 8.75. The molecule has 19 heavy (non-hydrogen) atoms. The minimum atomic E-state index is 0.304. The lowest BCUT2D eigenvalue weighted by molar-refractivity contribution is 0.107. The van der Waals surface area contributed by atoms with Gasteiger partial charge in [-0.2, -0.15) is 5.26 Å². The third-order valence-electron chi connectivity index (χ3n) is 2.91. The van der Waals surface area contributed by atoms with E-state index in [0.29, 0.717) is 17.5 Å². The summed E-state index contributed by atoms with van der Waals surface area (Å²) < 4.78 is 5.54. The number of nitriles is 1. The summed E-state index contributed by atoms with van der Waals surface area (Å²) in [6, 6.07) is 10.2. The van der Waals surface area contributed by atoms with Crippen molar-refractivity contribution >= 4 is 0 Å². The molecular formula is C16H24N2O. The van der Waals surface area contributed by atoms with E-state index in [-0.39, 0.29) is 0 Å². The summed E-state index contributed by atoms with van der Waals surface area (Å²) in [6.45, 7) is 9.04. The van der Waals surface area contributed by atoms with Crippen LogP contribution in [0.1, 0.15) is 44.4 Å². The summed E-state index contributed by atoms with van der Waals surface area (Å²) in [5, 5.41) is 12.2. The van der Waals surface area contributed by atoms with Crippen molar-refractivity contribution in [3.05, 3.63) is 35.4 Å². The van der Waals surface area contributed by atoms with Gasteiger partial charge in [0.15, 0.2) is 0 Å². The van der Waals surface area contributed by atoms with Crippen molar-refractivity contribution in [3.63, 3.8) is 0 Å². The standard InChI is InChI=1S/C16H24N2O/c1-13(2)12-19-10-4-9-18-14(3)16-7-5-15(11-17)6-8-16/h5-8,13-14,18H,4,9-10,12H2,1-3H3. The van der Waals surface area contributed by atoms with E-state index in [1.807, 2.05) is 24.3 Å². The van der Waals surface area contributed by atoms with Crippen LogP contribution in [0.2, 0.25) is 0 Å². The second-order valence-corrected chi connectivity index (χ2v) is 5.23. The van der Waals surface area contributed by atoms with Gasteiger partial charge in [-0.1, -0.05) is 26.0 Å². The molecule has 0 bridgehead atoms. The lowest BCUT2D eigenvalue weighted by Gasteiger charge is -2.14. The molecular weight excluding hydrogens is 236 g/mol. The van der Waals surface area contributed by atoms with Crippen LogP contribution in [0.5, 0.6) is 0 Å². The highest BCUT2D eigenvalue weighted by Gasteiger charge is 2.04. The van der Waals surface area contributed by atoms with Gasteiger partial charge in [0.2, 0.25) is 0 Å². The van der Waals surface area contributed by atoms with Gasteiger partial charge in [-0.15, -0.1) is 0 Å². The summed E-state index contributed by atoms with van der Waals surface area (Å²) in [4.78, 5) is 0. The number of rotatable bonds is 8. The van der Waals surface area contributed by atoms with E-state index in [4.69, 9.17) is 10.00 Å². The highest BCUT2D eigenvalue weighted by Crippen LogP contribution is 2.12. The Morgan fingerprint density at radius 1 is 1.21 bits per heavy atom. The maximum Gasteiger partial charge on any atom is 0.0991 e. The number of ether oxygens (including phenoxy) is 1. The third kappa shape index (κ3) is 6.37. The van der Waals surface area contributed by atoms with Gasteiger partial charge in [0.05, 0.1) is 11.6 Å². The molecule has 1 aromatic carbocycles. The zero-order chi connectivity index (χ0) is 14.1. The van der Waals surface area contributed by atoms with Crippen molar-refractivity contribution in [2.75, 3.05) is 19.8 Å². The van der Waals surface area contributed by atoms with Crippen molar-refractivity contribution in [1.82, 2.24) is 5.32 Å². The van der Waals surface area contributed by atoms with Gasteiger partial charge >= 0.3 is 0 Å². The Morgan fingerprint density at radius 3 is 2.47 bits per heavy atom. The molecule has 0 aliphatic carbocycles. The molecule has 0 aliphatic rings. The zero-order valence-electron chi connectivity index (χ0n) is 12.1. The number of nitrogens with zero attached hydrogens (tertiary/aromatic N) is 1. The molecule has 0 heterocycles. The minimum absolute atomic E-state index is 0.304. The summed E-state index contributed by atoms with van der Waals surface area (Å²) in [5.41, 5.74) is 1.92. The van der Waals surface area contributed by atoms with Gasteiger partial charge < -0.3 is 10.1 Å². The first-order valence-electron chi connectivity index (χ1n) is 6.94. The van der Waals surface area contributed by atoms with Crippen LogP contribution >= 0.6 is 0 Å². The van der Waals surface area contributed by atoms with Crippen LogP contribution in [0.4, 0.5) is 0 Å². The molecule has 0 spiro atoms. The smallest absolute Gasteiger partial charge is 0.0991 e. The van der Waals surface area contributed by atoms with E-state index in [2.05, 4.69) is 32.2 Å². The van der Waals surface area contributed by atoms with Gasteiger partial charge in [0, 0.05) is 19.3 Å². The summed E-state index contributed by atoms with van der Waals surface area (Å²) in [7, 11) is 0. The first-order chi connectivity index (χ1) is 9.13. The van der Waals surface area contributed by atoms with Crippen LogP contribution in [0.25, 0.3) is 0 Å². The predicted molar refractivity (Wildman–Crippen MR) is 77.8 cm³/mol. The SMILES string of the molecule is CC(C)COCCCNC(C)c1ccc(C#N)cc1. The van der Waals surface area contributed by atoms with Gasteiger partial charge in [0.1, 0.15) is 0 Å². The van der Waals surface area contributed by atoms with Crippen molar-refractivity contribution in [3.8, 4) is 6.07 Å². The second-order valence-electron chi connectivity index (χ2n) is 5.23. The second kappa shape index (κ2) is 8.68. The van der Waals surface area contributed by atoms with Crippen LogP contribution in [0.3, 0.4) is 0 Å². The number of benzene rings is 1. The minimum Gasteiger partial charge on any atom is -0.381 e. The van der Waals surface area contributed by atoms with Crippen LogP contribution < -0.4 is 5.32 Å². The highest BCUT2D eigenvalue weighted by atomic mass is 16.5. The first kappa shape index (κ1) is 15.7. The molecule has 1 N–H and O–H groups in total. The molecule has 1 aromatic rings. The van der Waals surface area contributed by atoms with Crippen LogP contribution in [-0.2, 0) is 4.74 Å². The fraction of sp³-hybridized carbons (Fsp3) is 0.562. The Labute approximate surface area is 116 Å². The Morgan fingerprint density at radius 2 is 1.89 bits per heavy atom. The van der Waals surface area contributed by atoms with Gasteiger partial charge in [0.25, 0.3) is 0 Å². The van der Waals surface area contributed by atoms with Crippen LogP contribution in [0.15, 0.2) is 24.3 Å². The Kier molecular flexibility index (Phi) is 7.17. The molecule has 0 saturated heterocycles. The summed E-state index contributed by atoms with van der Waals surface area (Å²) in [5.74, 6) is 0.602. The zero-order valence-corrected chi connectivity index (χ0v) is 12.1. The normalized spacial score (nSPS) is 12.4. The molecule has 0 aliphatic heterocycles. The number of hydrogen-bond donors (Lipinski definition) is 1. The molecule has 0 fully saturated rings. The van der Waals surface area contributed by atoms with Crippen molar-refractivity contribution in [2.45, 2.75) is 33.2 Å². The Hall–Kier alpha value is -1.37. The quantitative estimate of drug-likeness (QED) is 0.730. The predicted octanol–water partition coefficient (Wildman–Crippen LogP) is 3.27. The Bertz CT molecular complexity index is 392. The fourth-order valence-corrected chi connectivity index (χ4v) is 1.78. The Balaban J connectivity index is 2.20. The molecule has 0 radical (unpaired) electrons. The molecule has 3 nitrogen and oxygen atoms in total. The van der Waals surface area contributed by atoms with Crippen molar-refractivity contribution in [2.24, 2.45) is 5.92 Å². The molecule has 1 atom stereocenters. The van der Waals surface area contributed by atoms with E-state index in [1.54, 1.807) is 0 Å². The topological polar surface area (TPSA) is 45.0 Å². The van der Waals surface area contributed by atoms with Gasteiger partial charge in [-0.25, -0.2) is 0 Å². The van der Waals surface area contributed by atoms with Crippen LogP contribution in [-0.4, -0.2) is 19.8 Å².